The summed E-state index contributed by atoms with van der Waals surface area (Å²) in [6.45, 7) is 0. The summed E-state index contributed by atoms with van der Waals surface area (Å²) in [6, 6.07) is 17.8. The van der Waals surface area contributed by atoms with Crippen LogP contribution < -0.4 is 5.48 Å². The molecule has 0 aliphatic carbocycles. The summed E-state index contributed by atoms with van der Waals surface area (Å²) in [5.74, 6) is -0.465. The Labute approximate surface area is 126 Å². The highest BCUT2D eigenvalue weighted by Gasteiger charge is 2.09. The zero-order valence-corrected chi connectivity index (χ0v) is 11.7. The summed E-state index contributed by atoms with van der Waals surface area (Å²) in [5.41, 5.74) is 4.44. The SMILES string of the molecule is O=C(ONc1cc(Cl)nc2ccccc12)c1ccccc1. The summed E-state index contributed by atoms with van der Waals surface area (Å²) in [5, 5.41) is 1.15. The van der Waals surface area contributed by atoms with Crippen LogP contribution in [0.3, 0.4) is 0 Å². The van der Waals surface area contributed by atoms with E-state index in [-0.39, 0.29) is 0 Å². The second-order valence-corrected chi connectivity index (χ2v) is 4.75. The number of pyridine rings is 1. The first-order valence-corrected chi connectivity index (χ1v) is 6.69. The van der Waals surface area contributed by atoms with Crippen LogP contribution in [0, 0.1) is 0 Å². The van der Waals surface area contributed by atoms with Crippen molar-refractivity contribution in [2.45, 2.75) is 0 Å². The Balaban J connectivity index is 1.84. The van der Waals surface area contributed by atoms with Gasteiger partial charge in [0.1, 0.15) is 5.15 Å². The minimum absolute atomic E-state index is 0.326. The lowest BCUT2D eigenvalue weighted by atomic mass is 10.2. The molecule has 0 aliphatic heterocycles. The minimum Gasteiger partial charge on any atom is -0.338 e. The fraction of sp³-hybridized carbons (Fsp3) is 0. The van der Waals surface area contributed by atoms with Gasteiger partial charge in [-0.3, -0.25) is 0 Å². The molecule has 1 heterocycles. The molecule has 0 fully saturated rings. The van der Waals surface area contributed by atoms with Crippen molar-refractivity contribution in [1.82, 2.24) is 4.98 Å². The van der Waals surface area contributed by atoms with Crippen LogP contribution in [-0.4, -0.2) is 11.0 Å². The molecule has 0 spiro atoms. The first kappa shape index (κ1) is 13.4. The van der Waals surface area contributed by atoms with Crippen LogP contribution in [0.1, 0.15) is 10.4 Å². The highest BCUT2D eigenvalue weighted by molar-refractivity contribution is 6.30. The Kier molecular flexibility index (Phi) is 3.71. The number of halogens is 1. The summed E-state index contributed by atoms with van der Waals surface area (Å²) >= 11 is 5.96. The van der Waals surface area contributed by atoms with Gasteiger partial charge in [-0.15, -0.1) is 0 Å². The molecule has 0 bridgehead atoms. The maximum atomic E-state index is 11.9. The summed E-state index contributed by atoms with van der Waals surface area (Å²) in [4.78, 5) is 21.2. The molecule has 0 unspecified atom stereocenters. The lowest BCUT2D eigenvalue weighted by Crippen LogP contribution is -2.11. The molecule has 0 aliphatic rings. The third-order valence-corrected chi connectivity index (χ3v) is 3.14. The van der Waals surface area contributed by atoms with Gasteiger partial charge in [0.25, 0.3) is 0 Å². The highest BCUT2D eigenvalue weighted by Crippen LogP contribution is 2.25. The Hall–Kier alpha value is -2.59. The largest absolute Gasteiger partial charge is 0.362 e. The maximum absolute atomic E-state index is 11.9. The third-order valence-electron chi connectivity index (χ3n) is 2.95. The van der Waals surface area contributed by atoms with E-state index in [1.807, 2.05) is 30.3 Å². The van der Waals surface area contributed by atoms with E-state index in [1.54, 1.807) is 30.3 Å². The van der Waals surface area contributed by atoms with E-state index >= 15 is 0 Å². The average Bonchev–Trinajstić information content (AvgIpc) is 2.53. The molecule has 1 N–H and O–H groups in total. The van der Waals surface area contributed by atoms with Crippen molar-refractivity contribution in [2.75, 3.05) is 5.48 Å². The van der Waals surface area contributed by atoms with Crippen LogP contribution in [0.25, 0.3) is 10.9 Å². The van der Waals surface area contributed by atoms with Crippen molar-refractivity contribution in [2.24, 2.45) is 0 Å². The number of para-hydroxylation sites is 1. The van der Waals surface area contributed by atoms with E-state index in [0.717, 1.165) is 10.9 Å². The van der Waals surface area contributed by atoms with E-state index in [9.17, 15) is 4.79 Å². The number of benzene rings is 2. The number of carbonyl (C=O) groups is 1. The Morgan fingerprint density at radius 3 is 2.57 bits per heavy atom. The van der Waals surface area contributed by atoms with E-state index in [4.69, 9.17) is 16.4 Å². The second-order valence-electron chi connectivity index (χ2n) is 4.37. The van der Waals surface area contributed by atoms with Crippen molar-refractivity contribution in [3.8, 4) is 0 Å². The number of anilines is 1. The smallest absolute Gasteiger partial charge is 0.338 e. The summed E-state index contributed by atoms with van der Waals surface area (Å²) < 4.78 is 0. The lowest BCUT2D eigenvalue weighted by molar-refractivity contribution is 0.0597. The van der Waals surface area contributed by atoms with Gasteiger partial charge >= 0.3 is 5.97 Å². The van der Waals surface area contributed by atoms with Gasteiger partial charge in [-0.05, 0) is 18.2 Å². The van der Waals surface area contributed by atoms with Gasteiger partial charge in [-0.2, -0.15) is 0 Å². The van der Waals surface area contributed by atoms with Gasteiger partial charge in [0.05, 0.1) is 16.8 Å². The summed E-state index contributed by atoms with van der Waals surface area (Å²) in [6.07, 6.45) is 0. The van der Waals surface area contributed by atoms with Crippen molar-refractivity contribution in [1.29, 1.82) is 0 Å². The van der Waals surface area contributed by atoms with Crippen molar-refractivity contribution >= 4 is 34.2 Å². The predicted octanol–water partition coefficient (Wildman–Crippen LogP) is 4.07. The fourth-order valence-electron chi connectivity index (χ4n) is 1.96. The normalized spacial score (nSPS) is 10.3. The van der Waals surface area contributed by atoms with Crippen molar-refractivity contribution < 1.29 is 9.63 Å². The van der Waals surface area contributed by atoms with Gasteiger partial charge in [-0.1, -0.05) is 48.0 Å². The molecule has 0 radical (unpaired) electrons. The molecule has 104 valence electrons. The van der Waals surface area contributed by atoms with E-state index in [2.05, 4.69) is 10.5 Å². The number of rotatable bonds is 3. The van der Waals surface area contributed by atoms with Gasteiger partial charge in [0, 0.05) is 11.5 Å². The molecule has 0 atom stereocenters. The molecule has 0 saturated heterocycles. The van der Waals surface area contributed by atoms with Gasteiger partial charge < -0.3 is 4.84 Å². The Morgan fingerprint density at radius 1 is 1.05 bits per heavy atom. The van der Waals surface area contributed by atoms with Gasteiger partial charge in [-0.25, -0.2) is 15.3 Å². The van der Waals surface area contributed by atoms with Gasteiger partial charge in [0.15, 0.2) is 0 Å². The number of aromatic nitrogens is 1. The van der Waals surface area contributed by atoms with E-state index < -0.39 is 5.97 Å². The van der Waals surface area contributed by atoms with Crippen molar-refractivity contribution in [3.05, 3.63) is 71.4 Å². The van der Waals surface area contributed by atoms with Crippen LogP contribution in [-0.2, 0) is 4.84 Å². The molecule has 0 amide bonds. The first-order chi connectivity index (χ1) is 10.2. The standard InChI is InChI=1S/C16H11ClN2O2/c17-15-10-14(12-8-4-5-9-13(12)18-15)19-21-16(20)11-6-2-1-3-7-11/h1-10H,(H,18,19). The Morgan fingerprint density at radius 2 is 1.76 bits per heavy atom. The fourth-order valence-corrected chi connectivity index (χ4v) is 2.16. The number of fused-ring (bicyclic) bond motifs is 1. The second kappa shape index (κ2) is 5.81. The third kappa shape index (κ3) is 2.95. The van der Waals surface area contributed by atoms with E-state index in [1.165, 1.54) is 0 Å². The monoisotopic (exact) mass is 298 g/mol. The lowest BCUT2D eigenvalue weighted by Gasteiger charge is -2.10. The number of nitrogens with zero attached hydrogens (tertiary/aromatic N) is 1. The van der Waals surface area contributed by atoms with E-state index in [0.29, 0.717) is 16.4 Å². The minimum atomic E-state index is -0.465. The average molecular weight is 299 g/mol. The summed E-state index contributed by atoms with van der Waals surface area (Å²) in [7, 11) is 0. The molecular formula is C16H11ClN2O2. The molecule has 1 aromatic heterocycles. The van der Waals surface area contributed by atoms with Gasteiger partial charge in [0.2, 0.25) is 0 Å². The molecule has 3 aromatic rings. The molecule has 2 aromatic carbocycles. The Bertz CT molecular complexity index is 791. The van der Waals surface area contributed by atoms with Crippen molar-refractivity contribution in [3.63, 3.8) is 0 Å². The maximum Gasteiger partial charge on any atom is 0.362 e. The zero-order valence-electron chi connectivity index (χ0n) is 10.9. The van der Waals surface area contributed by atoms with Crippen LogP contribution in [0.4, 0.5) is 5.69 Å². The zero-order chi connectivity index (χ0) is 14.7. The molecule has 3 rings (SSSR count). The molecule has 5 heteroatoms. The van der Waals surface area contributed by atoms with Crippen LogP contribution in [0.15, 0.2) is 60.7 Å². The predicted molar refractivity (Wildman–Crippen MR) is 82.2 cm³/mol. The van der Waals surface area contributed by atoms with Crippen LogP contribution in [0.2, 0.25) is 5.15 Å². The molecule has 21 heavy (non-hydrogen) atoms. The number of carbonyl (C=O) groups excluding carboxylic acids is 1. The first-order valence-electron chi connectivity index (χ1n) is 6.31. The number of nitrogens with one attached hydrogen (secondary N) is 1. The molecule has 4 nitrogen and oxygen atoms in total. The topological polar surface area (TPSA) is 51.2 Å². The highest BCUT2D eigenvalue weighted by atomic mass is 35.5. The number of hydrogen-bond donors (Lipinski definition) is 1. The van der Waals surface area contributed by atoms with Crippen LogP contribution in [0.5, 0.6) is 0 Å². The molecular weight excluding hydrogens is 288 g/mol. The molecule has 0 saturated carbocycles. The quantitative estimate of drug-likeness (QED) is 0.585. The van der Waals surface area contributed by atoms with Crippen LogP contribution >= 0.6 is 11.6 Å². The number of hydrogen-bond acceptors (Lipinski definition) is 4.